The van der Waals surface area contributed by atoms with Crippen LogP contribution in [0.2, 0.25) is 0 Å². The number of nitrogens with one attached hydrogen (secondary N) is 2. The highest BCUT2D eigenvalue weighted by Crippen LogP contribution is 2.10. The van der Waals surface area contributed by atoms with E-state index in [1.807, 2.05) is 0 Å². The van der Waals surface area contributed by atoms with Crippen LogP contribution in [0.25, 0.3) is 0 Å². The second-order valence-corrected chi connectivity index (χ2v) is 3.43. The predicted octanol–water partition coefficient (Wildman–Crippen LogP) is 0.176. The number of carbonyl (C=O) groups is 1. The Kier molecular flexibility index (Phi) is 2.78. The minimum atomic E-state index is -0.0781. The normalized spacial score (nSPS) is 21.0. The van der Waals surface area contributed by atoms with Gasteiger partial charge >= 0.3 is 0 Å². The molecule has 2 N–H and O–H groups in total. The molecule has 5 nitrogen and oxygen atoms in total. The Labute approximate surface area is 81.8 Å². The standard InChI is InChI=1S/C9H13N3O2/c13-9(8-4-11-12-5-8)10-3-7-1-2-14-6-7/h4-5,7H,1-3,6H2,(H,10,13)(H,11,12). The van der Waals surface area contributed by atoms with Gasteiger partial charge in [0.25, 0.3) is 5.91 Å². The van der Waals surface area contributed by atoms with Gasteiger partial charge in [-0.05, 0) is 6.42 Å². The smallest absolute Gasteiger partial charge is 0.254 e. The molecule has 1 aliphatic heterocycles. The van der Waals surface area contributed by atoms with E-state index in [0.29, 0.717) is 18.0 Å². The van der Waals surface area contributed by atoms with Gasteiger partial charge in [0.2, 0.25) is 0 Å². The maximum Gasteiger partial charge on any atom is 0.254 e. The molecule has 1 amide bonds. The third-order valence-corrected chi connectivity index (χ3v) is 2.34. The van der Waals surface area contributed by atoms with Crippen molar-refractivity contribution >= 4 is 5.91 Å². The van der Waals surface area contributed by atoms with Gasteiger partial charge in [0.15, 0.2) is 0 Å². The van der Waals surface area contributed by atoms with Gasteiger partial charge in [-0.2, -0.15) is 5.10 Å². The van der Waals surface area contributed by atoms with E-state index in [-0.39, 0.29) is 5.91 Å². The first-order valence-corrected chi connectivity index (χ1v) is 4.71. The molecule has 1 unspecified atom stereocenters. The molecule has 2 rings (SSSR count). The van der Waals surface area contributed by atoms with Crippen LogP contribution in [0.4, 0.5) is 0 Å². The Morgan fingerprint density at radius 1 is 1.79 bits per heavy atom. The highest BCUT2D eigenvalue weighted by molar-refractivity contribution is 5.93. The number of hydrogen-bond donors (Lipinski definition) is 2. The molecule has 5 heteroatoms. The van der Waals surface area contributed by atoms with E-state index in [1.54, 1.807) is 6.20 Å². The number of amides is 1. The molecule has 0 bridgehead atoms. The molecule has 1 aromatic heterocycles. The Balaban J connectivity index is 1.78. The van der Waals surface area contributed by atoms with Gasteiger partial charge in [0, 0.05) is 25.3 Å². The van der Waals surface area contributed by atoms with E-state index >= 15 is 0 Å². The van der Waals surface area contributed by atoms with Crippen LogP contribution >= 0.6 is 0 Å². The summed E-state index contributed by atoms with van der Waals surface area (Å²) in [5.74, 6) is 0.386. The van der Waals surface area contributed by atoms with Crippen molar-refractivity contribution in [2.45, 2.75) is 6.42 Å². The molecule has 0 aromatic carbocycles. The van der Waals surface area contributed by atoms with Crippen molar-refractivity contribution in [2.24, 2.45) is 5.92 Å². The lowest BCUT2D eigenvalue weighted by Gasteiger charge is -2.07. The lowest BCUT2D eigenvalue weighted by Crippen LogP contribution is -2.29. The second-order valence-electron chi connectivity index (χ2n) is 3.43. The SMILES string of the molecule is O=C(NCC1CCOC1)c1cn[nH]c1. The van der Waals surface area contributed by atoms with Crippen LogP contribution in [0.1, 0.15) is 16.8 Å². The van der Waals surface area contributed by atoms with E-state index in [1.165, 1.54) is 6.20 Å². The van der Waals surface area contributed by atoms with Crippen LogP contribution in [0, 0.1) is 5.92 Å². The van der Waals surface area contributed by atoms with Gasteiger partial charge < -0.3 is 10.1 Å². The fourth-order valence-corrected chi connectivity index (χ4v) is 1.46. The molecular formula is C9H13N3O2. The molecule has 0 spiro atoms. The van der Waals surface area contributed by atoms with Crippen molar-refractivity contribution in [2.75, 3.05) is 19.8 Å². The zero-order valence-corrected chi connectivity index (χ0v) is 7.82. The van der Waals surface area contributed by atoms with Crippen LogP contribution in [-0.4, -0.2) is 35.9 Å². The third kappa shape index (κ3) is 2.11. The van der Waals surface area contributed by atoms with Gasteiger partial charge in [0.05, 0.1) is 18.4 Å². The number of ether oxygens (including phenoxy) is 1. The van der Waals surface area contributed by atoms with Crippen molar-refractivity contribution in [1.29, 1.82) is 0 Å². The first-order chi connectivity index (χ1) is 6.86. The summed E-state index contributed by atoms with van der Waals surface area (Å²) in [7, 11) is 0. The number of H-pyrrole nitrogens is 1. The van der Waals surface area contributed by atoms with Gasteiger partial charge in [-0.3, -0.25) is 9.89 Å². The lowest BCUT2D eigenvalue weighted by atomic mass is 10.1. The molecule has 0 radical (unpaired) electrons. The monoisotopic (exact) mass is 195 g/mol. The molecule has 76 valence electrons. The summed E-state index contributed by atoms with van der Waals surface area (Å²) in [5, 5.41) is 9.16. The Hall–Kier alpha value is -1.36. The van der Waals surface area contributed by atoms with E-state index in [0.717, 1.165) is 19.6 Å². The molecule has 1 atom stereocenters. The van der Waals surface area contributed by atoms with E-state index in [4.69, 9.17) is 4.74 Å². The predicted molar refractivity (Wildman–Crippen MR) is 49.8 cm³/mol. The maximum absolute atomic E-state index is 11.5. The maximum atomic E-state index is 11.5. The number of carbonyl (C=O) groups excluding carboxylic acids is 1. The zero-order valence-electron chi connectivity index (χ0n) is 7.82. The fourth-order valence-electron chi connectivity index (χ4n) is 1.46. The summed E-state index contributed by atoms with van der Waals surface area (Å²) in [6.45, 7) is 2.25. The van der Waals surface area contributed by atoms with Crippen LogP contribution in [-0.2, 0) is 4.74 Å². The lowest BCUT2D eigenvalue weighted by molar-refractivity contribution is 0.0945. The molecule has 0 aliphatic carbocycles. The molecule has 2 heterocycles. The molecular weight excluding hydrogens is 182 g/mol. The van der Waals surface area contributed by atoms with Crippen molar-refractivity contribution < 1.29 is 9.53 Å². The number of hydrogen-bond acceptors (Lipinski definition) is 3. The van der Waals surface area contributed by atoms with Gasteiger partial charge in [-0.1, -0.05) is 0 Å². The minimum absolute atomic E-state index is 0.0781. The second kappa shape index (κ2) is 4.23. The first-order valence-electron chi connectivity index (χ1n) is 4.71. The zero-order chi connectivity index (χ0) is 9.80. The summed E-state index contributed by atoms with van der Waals surface area (Å²) in [6.07, 6.45) is 4.13. The van der Waals surface area contributed by atoms with Gasteiger partial charge in [-0.25, -0.2) is 0 Å². The Morgan fingerprint density at radius 2 is 2.71 bits per heavy atom. The van der Waals surface area contributed by atoms with Crippen LogP contribution in [0.3, 0.4) is 0 Å². The Bertz CT molecular complexity index is 291. The number of rotatable bonds is 3. The summed E-state index contributed by atoms with van der Waals surface area (Å²) in [6, 6.07) is 0. The average Bonchev–Trinajstić information content (AvgIpc) is 2.87. The minimum Gasteiger partial charge on any atom is -0.381 e. The first kappa shape index (κ1) is 9.21. The van der Waals surface area contributed by atoms with Crippen molar-refractivity contribution in [3.05, 3.63) is 18.0 Å². The van der Waals surface area contributed by atoms with Crippen LogP contribution in [0.5, 0.6) is 0 Å². The van der Waals surface area contributed by atoms with Crippen molar-refractivity contribution in [1.82, 2.24) is 15.5 Å². The molecule has 1 fully saturated rings. The topological polar surface area (TPSA) is 67.0 Å². The summed E-state index contributed by atoms with van der Waals surface area (Å²) >= 11 is 0. The third-order valence-electron chi connectivity index (χ3n) is 2.34. The Morgan fingerprint density at radius 3 is 3.36 bits per heavy atom. The number of aromatic nitrogens is 2. The quantitative estimate of drug-likeness (QED) is 0.722. The van der Waals surface area contributed by atoms with E-state index < -0.39 is 0 Å². The van der Waals surface area contributed by atoms with Gasteiger partial charge in [-0.15, -0.1) is 0 Å². The van der Waals surface area contributed by atoms with Crippen LogP contribution < -0.4 is 5.32 Å². The summed E-state index contributed by atoms with van der Waals surface area (Å²) in [5.41, 5.74) is 0.573. The number of aromatic amines is 1. The van der Waals surface area contributed by atoms with Crippen molar-refractivity contribution in [3.63, 3.8) is 0 Å². The highest BCUT2D eigenvalue weighted by Gasteiger charge is 2.16. The number of nitrogens with zero attached hydrogens (tertiary/aromatic N) is 1. The molecule has 0 saturated carbocycles. The molecule has 1 saturated heterocycles. The van der Waals surface area contributed by atoms with Gasteiger partial charge in [0.1, 0.15) is 0 Å². The average molecular weight is 195 g/mol. The summed E-state index contributed by atoms with van der Waals surface area (Å²) < 4.78 is 5.21. The largest absolute Gasteiger partial charge is 0.381 e. The molecule has 14 heavy (non-hydrogen) atoms. The molecule has 1 aromatic rings. The highest BCUT2D eigenvalue weighted by atomic mass is 16.5. The fraction of sp³-hybridized carbons (Fsp3) is 0.556. The van der Waals surface area contributed by atoms with Crippen molar-refractivity contribution in [3.8, 4) is 0 Å². The van der Waals surface area contributed by atoms with E-state index in [2.05, 4.69) is 15.5 Å². The molecule has 1 aliphatic rings. The van der Waals surface area contributed by atoms with Crippen LogP contribution in [0.15, 0.2) is 12.4 Å². The van der Waals surface area contributed by atoms with E-state index in [9.17, 15) is 4.79 Å². The summed E-state index contributed by atoms with van der Waals surface area (Å²) in [4.78, 5) is 11.5.